The van der Waals surface area contributed by atoms with E-state index >= 15 is 0 Å². The number of anilines is 1. The lowest BCUT2D eigenvalue weighted by molar-refractivity contribution is -0.119. The Bertz CT molecular complexity index is 1170. The molecule has 0 bridgehead atoms. The maximum Gasteiger partial charge on any atom is 0.254 e. The number of para-hydroxylation sites is 1. The number of rotatable bonds is 3. The zero-order valence-corrected chi connectivity index (χ0v) is 15.9. The fourth-order valence-electron chi connectivity index (χ4n) is 3.93. The number of aromatic nitrogens is 2. The van der Waals surface area contributed by atoms with Crippen molar-refractivity contribution in [2.45, 2.75) is 25.9 Å². The molecule has 0 fully saturated rings. The fraction of sp³-hybridized carbons (Fsp3) is 0.227. The molecule has 0 saturated heterocycles. The topological polar surface area (TPSA) is 73.7 Å². The quantitative estimate of drug-likeness (QED) is 0.689. The molecule has 1 atom stereocenters. The fourth-order valence-corrected chi connectivity index (χ4v) is 3.93. The Morgan fingerprint density at radius 3 is 2.83 bits per heavy atom. The van der Waals surface area contributed by atoms with Gasteiger partial charge in [0.05, 0.1) is 12.0 Å². The number of carbonyl (C=O) groups is 1. The monoisotopic (exact) mass is 389 g/mol. The molecule has 7 heteroatoms. The lowest BCUT2D eigenvalue weighted by Gasteiger charge is -2.23. The van der Waals surface area contributed by atoms with Crippen molar-refractivity contribution in [2.75, 3.05) is 11.7 Å². The van der Waals surface area contributed by atoms with E-state index in [0.29, 0.717) is 17.2 Å². The van der Waals surface area contributed by atoms with Crippen LogP contribution < -0.4 is 19.9 Å². The standard InChI is InChI=1S/C22H19N3O4/c1-14-8-16-4-2-3-5-18(16)25(14)22(27)11-24-12-23-17(10-21(24)26)15-6-7-19-20(9-15)29-13-28-19/h2-7,9-10,12,14H,8,11,13H2,1H3. The van der Waals surface area contributed by atoms with E-state index in [2.05, 4.69) is 4.98 Å². The molecule has 5 rings (SSSR count). The van der Waals surface area contributed by atoms with Gasteiger partial charge in [-0.1, -0.05) is 18.2 Å². The first-order valence-corrected chi connectivity index (χ1v) is 9.46. The second-order valence-corrected chi connectivity index (χ2v) is 7.25. The number of fused-ring (bicyclic) bond motifs is 2. The third kappa shape index (κ3) is 3.04. The van der Waals surface area contributed by atoms with E-state index < -0.39 is 0 Å². The van der Waals surface area contributed by atoms with E-state index in [0.717, 1.165) is 23.2 Å². The minimum absolute atomic E-state index is 0.0497. The Hall–Kier alpha value is -3.61. The molecule has 1 unspecified atom stereocenters. The molecule has 3 aromatic rings. The van der Waals surface area contributed by atoms with Gasteiger partial charge >= 0.3 is 0 Å². The summed E-state index contributed by atoms with van der Waals surface area (Å²) in [6.45, 7) is 2.15. The Morgan fingerprint density at radius 2 is 1.97 bits per heavy atom. The van der Waals surface area contributed by atoms with Gasteiger partial charge in [0.25, 0.3) is 5.56 Å². The molecule has 7 nitrogen and oxygen atoms in total. The molecule has 1 amide bonds. The molecule has 0 saturated carbocycles. The zero-order valence-electron chi connectivity index (χ0n) is 15.9. The van der Waals surface area contributed by atoms with Gasteiger partial charge in [-0.25, -0.2) is 4.98 Å². The average molecular weight is 389 g/mol. The minimum Gasteiger partial charge on any atom is -0.454 e. The van der Waals surface area contributed by atoms with Crippen molar-refractivity contribution in [2.24, 2.45) is 0 Å². The molecule has 2 aliphatic heterocycles. The van der Waals surface area contributed by atoms with Crippen molar-refractivity contribution in [1.29, 1.82) is 0 Å². The molecule has 2 aliphatic rings. The van der Waals surface area contributed by atoms with E-state index in [1.807, 2.05) is 37.3 Å². The summed E-state index contributed by atoms with van der Waals surface area (Å²) >= 11 is 0. The van der Waals surface area contributed by atoms with Gasteiger partial charge in [-0.05, 0) is 43.2 Å². The average Bonchev–Trinajstić information content (AvgIpc) is 3.31. The van der Waals surface area contributed by atoms with E-state index in [1.165, 1.54) is 17.0 Å². The van der Waals surface area contributed by atoms with Crippen molar-refractivity contribution < 1.29 is 14.3 Å². The number of hydrogen-bond acceptors (Lipinski definition) is 5. The summed E-state index contributed by atoms with van der Waals surface area (Å²) < 4.78 is 12.0. The van der Waals surface area contributed by atoms with E-state index in [1.54, 1.807) is 17.0 Å². The molecule has 29 heavy (non-hydrogen) atoms. The summed E-state index contributed by atoms with van der Waals surface area (Å²) in [4.78, 5) is 31.7. The van der Waals surface area contributed by atoms with Crippen LogP contribution in [-0.2, 0) is 17.8 Å². The number of hydrogen-bond donors (Lipinski definition) is 0. The van der Waals surface area contributed by atoms with Gasteiger partial charge in [-0.2, -0.15) is 0 Å². The maximum atomic E-state index is 12.9. The van der Waals surface area contributed by atoms with Crippen LogP contribution in [0.15, 0.2) is 59.7 Å². The summed E-state index contributed by atoms with van der Waals surface area (Å²) in [7, 11) is 0. The van der Waals surface area contributed by atoms with Gasteiger partial charge < -0.3 is 14.4 Å². The minimum atomic E-state index is -0.277. The van der Waals surface area contributed by atoms with Crippen LogP contribution in [0.5, 0.6) is 11.5 Å². The molecule has 0 N–H and O–H groups in total. The van der Waals surface area contributed by atoms with Crippen LogP contribution in [0.4, 0.5) is 5.69 Å². The smallest absolute Gasteiger partial charge is 0.254 e. The van der Waals surface area contributed by atoms with Crippen molar-refractivity contribution in [3.05, 3.63) is 70.8 Å². The Kier molecular flexibility index (Phi) is 4.08. The second-order valence-electron chi connectivity index (χ2n) is 7.25. The van der Waals surface area contributed by atoms with Crippen LogP contribution >= 0.6 is 0 Å². The predicted octanol–water partition coefficient (Wildman–Crippen LogP) is 2.62. The Balaban J connectivity index is 1.39. The van der Waals surface area contributed by atoms with Crippen molar-refractivity contribution in [1.82, 2.24) is 9.55 Å². The lowest BCUT2D eigenvalue weighted by atomic mass is 10.1. The first-order valence-electron chi connectivity index (χ1n) is 9.46. The largest absolute Gasteiger partial charge is 0.454 e. The first-order chi connectivity index (χ1) is 14.1. The maximum absolute atomic E-state index is 12.9. The highest BCUT2D eigenvalue weighted by Crippen LogP contribution is 2.35. The summed E-state index contributed by atoms with van der Waals surface area (Å²) in [6, 6.07) is 14.8. The molecular formula is C22H19N3O4. The van der Waals surface area contributed by atoms with E-state index in [-0.39, 0.29) is 30.8 Å². The van der Waals surface area contributed by atoms with Gasteiger partial charge in [0.2, 0.25) is 12.7 Å². The van der Waals surface area contributed by atoms with Crippen molar-refractivity contribution in [3.63, 3.8) is 0 Å². The third-order valence-electron chi connectivity index (χ3n) is 5.33. The Morgan fingerprint density at radius 1 is 1.14 bits per heavy atom. The summed E-state index contributed by atoms with van der Waals surface area (Å²) in [6.07, 6.45) is 2.24. The highest BCUT2D eigenvalue weighted by Gasteiger charge is 2.30. The van der Waals surface area contributed by atoms with Crippen molar-refractivity contribution in [3.8, 4) is 22.8 Å². The van der Waals surface area contributed by atoms with Crippen LogP contribution in [0.1, 0.15) is 12.5 Å². The molecule has 0 radical (unpaired) electrons. The third-order valence-corrected chi connectivity index (χ3v) is 5.33. The lowest BCUT2D eigenvalue weighted by Crippen LogP contribution is -2.39. The number of nitrogens with zero attached hydrogens (tertiary/aromatic N) is 3. The molecule has 1 aromatic heterocycles. The molecule has 3 heterocycles. The second kappa shape index (κ2) is 6.77. The highest BCUT2D eigenvalue weighted by molar-refractivity contribution is 5.96. The Labute approximate surface area is 167 Å². The predicted molar refractivity (Wildman–Crippen MR) is 107 cm³/mol. The molecule has 2 aromatic carbocycles. The van der Waals surface area contributed by atoms with Crippen LogP contribution in [0.3, 0.4) is 0 Å². The van der Waals surface area contributed by atoms with E-state index in [4.69, 9.17) is 9.47 Å². The molecule has 0 aliphatic carbocycles. The van der Waals surface area contributed by atoms with Crippen LogP contribution in [0, 0.1) is 0 Å². The molecular weight excluding hydrogens is 370 g/mol. The number of ether oxygens (including phenoxy) is 2. The normalized spacial score (nSPS) is 16.7. The van der Waals surface area contributed by atoms with Gasteiger partial charge in [-0.15, -0.1) is 0 Å². The summed E-state index contributed by atoms with van der Waals surface area (Å²) in [5, 5.41) is 0. The molecule has 0 spiro atoms. The summed E-state index contributed by atoms with van der Waals surface area (Å²) in [5.41, 5.74) is 3.07. The van der Waals surface area contributed by atoms with Gasteiger partial charge in [0, 0.05) is 23.4 Å². The van der Waals surface area contributed by atoms with E-state index in [9.17, 15) is 9.59 Å². The van der Waals surface area contributed by atoms with Crippen LogP contribution in [0.25, 0.3) is 11.3 Å². The summed E-state index contributed by atoms with van der Waals surface area (Å²) in [5.74, 6) is 1.18. The SMILES string of the molecule is CC1Cc2ccccc2N1C(=O)Cn1cnc(-c2ccc3c(c2)OCO3)cc1=O. The van der Waals surface area contributed by atoms with Crippen LogP contribution in [-0.4, -0.2) is 28.3 Å². The van der Waals surface area contributed by atoms with Crippen molar-refractivity contribution >= 4 is 11.6 Å². The number of carbonyl (C=O) groups excluding carboxylic acids is 1. The first kappa shape index (κ1) is 17.5. The van der Waals surface area contributed by atoms with Gasteiger partial charge in [0.15, 0.2) is 11.5 Å². The zero-order chi connectivity index (χ0) is 20.0. The van der Waals surface area contributed by atoms with Gasteiger partial charge in [0.1, 0.15) is 6.54 Å². The number of benzene rings is 2. The highest BCUT2D eigenvalue weighted by atomic mass is 16.7. The molecule has 146 valence electrons. The van der Waals surface area contributed by atoms with Gasteiger partial charge in [-0.3, -0.25) is 14.2 Å². The number of amides is 1. The van der Waals surface area contributed by atoms with Crippen LogP contribution in [0.2, 0.25) is 0 Å².